The summed E-state index contributed by atoms with van der Waals surface area (Å²) in [5, 5.41) is 0. The quantitative estimate of drug-likeness (QED) is 0.373. The topological polar surface area (TPSA) is 50.9 Å². The zero-order valence-electron chi connectivity index (χ0n) is 12.0. The molecule has 1 aliphatic rings. The first-order valence-corrected chi connectivity index (χ1v) is 7.00. The summed E-state index contributed by atoms with van der Waals surface area (Å²) in [4.78, 5) is 6.54. The van der Waals surface area contributed by atoms with Crippen LogP contribution >= 0.6 is 24.0 Å². The molecule has 1 aromatic rings. The number of benzene rings is 1. The van der Waals surface area contributed by atoms with Crippen LogP contribution in [0.1, 0.15) is 24.8 Å². The molecule has 0 bridgehead atoms. The van der Waals surface area contributed by atoms with Gasteiger partial charge in [0, 0.05) is 13.1 Å². The Morgan fingerprint density at radius 2 is 1.85 bits per heavy atom. The lowest BCUT2D eigenvalue weighted by atomic mass is 10.1. The molecule has 112 valence electrons. The lowest BCUT2D eigenvalue weighted by molar-refractivity contribution is 0.321. The molecule has 1 fully saturated rings. The van der Waals surface area contributed by atoms with Crippen molar-refractivity contribution in [3.8, 4) is 5.75 Å². The van der Waals surface area contributed by atoms with Crippen molar-refractivity contribution in [2.45, 2.75) is 26.2 Å². The lowest BCUT2D eigenvalue weighted by Gasteiger charge is -2.27. The van der Waals surface area contributed by atoms with Crippen molar-refractivity contribution in [1.29, 1.82) is 0 Å². The van der Waals surface area contributed by atoms with E-state index in [-0.39, 0.29) is 24.0 Å². The van der Waals surface area contributed by atoms with Crippen molar-refractivity contribution in [2.24, 2.45) is 10.7 Å². The Morgan fingerprint density at radius 1 is 1.20 bits per heavy atom. The number of aliphatic imine (C=N–C) groups is 1. The van der Waals surface area contributed by atoms with E-state index in [2.05, 4.69) is 16.8 Å². The van der Waals surface area contributed by atoms with Crippen LogP contribution in [0.2, 0.25) is 0 Å². The van der Waals surface area contributed by atoms with Gasteiger partial charge in [-0.05, 0) is 38.3 Å². The number of halogens is 1. The van der Waals surface area contributed by atoms with E-state index in [1.807, 2.05) is 24.3 Å². The summed E-state index contributed by atoms with van der Waals surface area (Å²) in [6.45, 7) is 5.31. The molecule has 1 heterocycles. The molecule has 0 spiro atoms. The zero-order chi connectivity index (χ0) is 13.5. The molecular weight excluding hydrogens is 365 g/mol. The molecule has 5 heteroatoms. The van der Waals surface area contributed by atoms with Crippen LogP contribution in [0, 0.1) is 6.92 Å². The first kappa shape index (κ1) is 17.1. The average molecular weight is 389 g/mol. The van der Waals surface area contributed by atoms with Gasteiger partial charge in [-0.1, -0.05) is 17.7 Å². The number of hydrogen-bond donors (Lipinski definition) is 1. The highest BCUT2D eigenvalue weighted by Gasteiger charge is 2.11. The predicted octanol–water partition coefficient (Wildman–Crippen LogP) is 2.79. The number of aryl methyl sites for hydroxylation is 1. The second-order valence-corrected chi connectivity index (χ2v) is 4.95. The highest BCUT2D eigenvalue weighted by atomic mass is 127. The van der Waals surface area contributed by atoms with Crippen LogP contribution in [-0.2, 0) is 0 Å². The molecule has 2 rings (SSSR count). The predicted molar refractivity (Wildman–Crippen MR) is 94.0 cm³/mol. The normalized spacial score (nSPS) is 15.7. The van der Waals surface area contributed by atoms with Crippen molar-refractivity contribution < 1.29 is 4.74 Å². The molecule has 0 saturated carbocycles. The third-order valence-electron chi connectivity index (χ3n) is 3.33. The fourth-order valence-electron chi connectivity index (χ4n) is 2.18. The number of ether oxygens (including phenoxy) is 1. The minimum atomic E-state index is 0. The van der Waals surface area contributed by atoms with Gasteiger partial charge in [-0.2, -0.15) is 0 Å². The molecular formula is C15H24IN3O. The summed E-state index contributed by atoms with van der Waals surface area (Å²) in [5.74, 6) is 1.55. The summed E-state index contributed by atoms with van der Waals surface area (Å²) < 4.78 is 5.62. The molecule has 4 nitrogen and oxygen atoms in total. The Hall–Kier alpha value is -0.980. The molecule has 0 amide bonds. The number of likely N-dealkylation sites (tertiary alicyclic amines) is 1. The highest BCUT2D eigenvalue weighted by molar-refractivity contribution is 14.0. The minimum absolute atomic E-state index is 0. The van der Waals surface area contributed by atoms with E-state index in [4.69, 9.17) is 10.5 Å². The lowest BCUT2D eigenvalue weighted by Crippen LogP contribution is -2.41. The standard InChI is InChI=1S/C15H23N3O.HI/c1-13-5-7-14(8-6-13)19-12-9-17-15(16)18-10-3-2-4-11-18;/h5-8H,2-4,9-12H2,1H3,(H2,16,17);1H. The maximum absolute atomic E-state index is 5.97. The maximum atomic E-state index is 5.97. The summed E-state index contributed by atoms with van der Waals surface area (Å²) in [6.07, 6.45) is 3.74. The highest BCUT2D eigenvalue weighted by Crippen LogP contribution is 2.11. The molecule has 0 aromatic heterocycles. The third-order valence-corrected chi connectivity index (χ3v) is 3.33. The molecule has 20 heavy (non-hydrogen) atoms. The Balaban J connectivity index is 0.00000200. The van der Waals surface area contributed by atoms with Gasteiger partial charge >= 0.3 is 0 Å². The molecule has 0 aliphatic carbocycles. The Morgan fingerprint density at radius 3 is 2.50 bits per heavy atom. The van der Waals surface area contributed by atoms with E-state index >= 15 is 0 Å². The molecule has 1 aromatic carbocycles. The smallest absolute Gasteiger partial charge is 0.191 e. The Bertz CT molecular complexity index is 414. The van der Waals surface area contributed by atoms with Crippen molar-refractivity contribution in [2.75, 3.05) is 26.2 Å². The van der Waals surface area contributed by atoms with Crippen molar-refractivity contribution in [3.05, 3.63) is 29.8 Å². The summed E-state index contributed by atoms with van der Waals surface area (Å²) in [7, 11) is 0. The maximum Gasteiger partial charge on any atom is 0.191 e. The van der Waals surface area contributed by atoms with Gasteiger partial charge in [0.15, 0.2) is 5.96 Å². The molecule has 0 radical (unpaired) electrons. The fourth-order valence-corrected chi connectivity index (χ4v) is 2.18. The SMILES string of the molecule is Cc1ccc(OCCN=C(N)N2CCCCC2)cc1.I. The van der Waals surface area contributed by atoms with Gasteiger partial charge in [0.25, 0.3) is 0 Å². The van der Waals surface area contributed by atoms with Crippen LogP contribution in [0.3, 0.4) is 0 Å². The third kappa shape index (κ3) is 5.56. The van der Waals surface area contributed by atoms with Crippen LogP contribution in [0.15, 0.2) is 29.3 Å². The molecule has 1 aliphatic heterocycles. The summed E-state index contributed by atoms with van der Waals surface area (Å²) in [5.41, 5.74) is 7.20. The van der Waals surface area contributed by atoms with E-state index in [1.165, 1.54) is 24.8 Å². The van der Waals surface area contributed by atoms with Gasteiger partial charge in [0.2, 0.25) is 0 Å². The average Bonchev–Trinajstić information content (AvgIpc) is 2.46. The molecule has 1 saturated heterocycles. The largest absolute Gasteiger partial charge is 0.492 e. The second-order valence-electron chi connectivity index (χ2n) is 4.95. The number of guanidine groups is 1. The van der Waals surface area contributed by atoms with E-state index < -0.39 is 0 Å². The van der Waals surface area contributed by atoms with E-state index in [1.54, 1.807) is 0 Å². The minimum Gasteiger partial charge on any atom is -0.492 e. The van der Waals surface area contributed by atoms with E-state index in [0.29, 0.717) is 19.1 Å². The van der Waals surface area contributed by atoms with Gasteiger partial charge in [-0.15, -0.1) is 24.0 Å². The number of nitrogens with two attached hydrogens (primary N) is 1. The number of nitrogens with zero attached hydrogens (tertiary/aromatic N) is 2. The number of piperidine rings is 1. The van der Waals surface area contributed by atoms with Gasteiger partial charge in [-0.25, -0.2) is 4.99 Å². The van der Waals surface area contributed by atoms with Crippen LogP contribution in [-0.4, -0.2) is 37.1 Å². The van der Waals surface area contributed by atoms with Gasteiger partial charge in [-0.3, -0.25) is 0 Å². The van der Waals surface area contributed by atoms with Gasteiger partial charge < -0.3 is 15.4 Å². The van der Waals surface area contributed by atoms with Crippen molar-refractivity contribution in [1.82, 2.24) is 4.90 Å². The van der Waals surface area contributed by atoms with Crippen LogP contribution in [0.25, 0.3) is 0 Å². The van der Waals surface area contributed by atoms with Crippen LogP contribution in [0.5, 0.6) is 5.75 Å². The van der Waals surface area contributed by atoms with E-state index in [9.17, 15) is 0 Å². The molecule has 2 N–H and O–H groups in total. The van der Waals surface area contributed by atoms with Crippen molar-refractivity contribution in [3.63, 3.8) is 0 Å². The zero-order valence-corrected chi connectivity index (χ0v) is 14.4. The second kappa shape index (κ2) is 9.05. The molecule has 0 atom stereocenters. The number of rotatable bonds is 4. The first-order chi connectivity index (χ1) is 9.25. The Labute approximate surface area is 138 Å². The first-order valence-electron chi connectivity index (χ1n) is 7.00. The van der Waals surface area contributed by atoms with Gasteiger partial charge in [0.1, 0.15) is 12.4 Å². The van der Waals surface area contributed by atoms with E-state index in [0.717, 1.165) is 18.8 Å². The monoisotopic (exact) mass is 389 g/mol. The van der Waals surface area contributed by atoms with Gasteiger partial charge in [0.05, 0.1) is 6.54 Å². The van der Waals surface area contributed by atoms with Crippen LogP contribution < -0.4 is 10.5 Å². The molecule has 0 unspecified atom stereocenters. The Kier molecular flexibility index (Phi) is 7.72. The van der Waals surface area contributed by atoms with Crippen LogP contribution in [0.4, 0.5) is 0 Å². The summed E-state index contributed by atoms with van der Waals surface area (Å²) in [6, 6.07) is 8.04. The number of hydrogen-bond acceptors (Lipinski definition) is 2. The summed E-state index contributed by atoms with van der Waals surface area (Å²) >= 11 is 0. The van der Waals surface area contributed by atoms with Crippen molar-refractivity contribution >= 4 is 29.9 Å². The fraction of sp³-hybridized carbons (Fsp3) is 0.533.